The normalized spacial score (nSPS) is 15.3. The van der Waals surface area contributed by atoms with Gasteiger partial charge in [-0.3, -0.25) is 0 Å². The van der Waals surface area contributed by atoms with Crippen LogP contribution in [0.2, 0.25) is 0 Å². The molecular weight excluding hydrogens is 198 g/mol. The van der Waals surface area contributed by atoms with Gasteiger partial charge in [0.1, 0.15) is 0 Å². The van der Waals surface area contributed by atoms with Crippen molar-refractivity contribution >= 4 is 15.4 Å². The molecule has 0 spiro atoms. The zero-order valence-electron chi connectivity index (χ0n) is 10.1. The van der Waals surface area contributed by atoms with Gasteiger partial charge in [-0.05, 0) is 38.9 Å². The minimum atomic E-state index is 0.562. The van der Waals surface area contributed by atoms with Gasteiger partial charge < -0.3 is 4.90 Å². The van der Waals surface area contributed by atoms with E-state index in [1.165, 1.54) is 17.2 Å². The van der Waals surface area contributed by atoms with E-state index in [9.17, 15) is 0 Å². The van der Waals surface area contributed by atoms with E-state index in [2.05, 4.69) is 67.4 Å². The lowest BCUT2D eigenvalue weighted by Crippen LogP contribution is -2.33. The molecule has 0 N–H and O–H groups in total. The molecule has 0 saturated carbocycles. The summed E-state index contributed by atoms with van der Waals surface area (Å²) in [4.78, 5) is 2.28. The summed E-state index contributed by atoms with van der Waals surface area (Å²) in [5.74, 6) is 0.591. The Kier molecular flexibility index (Phi) is 4.55. The van der Waals surface area contributed by atoms with Crippen LogP contribution >= 0.6 is 0 Å². The zero-order chi connectivity index (χ0) is 11.4. The molecule has 0 aliphatic carbocycles. The Balaban J connectivity index is 2.97. The molecule has 15 heavy (non-hydrogen) atoms. The Morgan fingerprint density at radius 1 is 1.27 bits per heavy atom. The Morgan fingerprint density at radius 2 is 1.87 bits per heavy atom. The van der Waals surface area contributed by atoms with Gasteiger partial charge >= 0.3 is 0 Å². The molecule has 0 aliphatic rings. The third-order valence-electron chi connectivity index (χ3n) is 3.20. The maximum atomic E-state index is 3.69. The van der Waals surface area contributed by atoms with Crippen molar-refractivity contribution in [2.24, 2.45) is 0 Å². The van der Waals surface area contributed by atoms with Crippen LogP contribution in [-0.4, -0.2) is 35.3 Å². The molecule has 1 nitrogen and oxygen atoms in total. The number of nitrogens with zero attached hydrogens (tertiary/aromatic N) is 1. The van der Waals surface area contributed by atoms with Gasteiger partial charge in [0.05, 0.1) is 10.2 Å². The monoisotopic (exact) mass is 218 g/mol. The van der Waals surface area contributed by atoms with E-state index in [1.807, 2.05) is 0 Å². The molecule has 1 aromatic carbocycles. The summed E-state index contributed by atoms with van der Waals surface area (Å²) in [6.07, 6.45) is 1.17. The molecule has 0 aromatic heterocycles. The highest BCUT2D eigenvalue weighted by Crippen LogP contribution is 2.23. The van der Waals surface area contributed by atoms with Crippen molar-refractivity contribution in [2.45, 2.75) is 32.2 Å². The van der Waals surface area contributed by atoms with E-state index in [-0.39, 0.29) is 0 Å². The van der Waals surface area contributed by atoms with Crippen molar-refractivity contribution in [3.63, 3.8) is 0 Å². The van der Waals surface area contributed by atoms with E-state index in [1.54, 1.807) is 0 Å². The summed E-state index contributed by atoms with van der Waals surface area (Å²) < 4.78 is 0. The average Bonchev–Trinajstić information content (AvgIpc) is 2.21. The molecular formula is C13H20NSi. The number of hydrogen-bond acceptors (Lipinski definition) is 1. The highest BCUT2D eigenvalue weighted by molar-refractivity contribution is 6.33. The molecule has 2 atom stereocenters. The highest BCUT2D eigenvalue weighted by Gasteiger charge is 2.20. The average molecular weight is 218 g/mol. The molecule has 0 fully saturated rings. The number of hydrogen-bond donors (Lipinski definition) is 0. The van der Waals surface area contributed by atoms with E-state index in [0.717, 1.165) is 0 Å². The minimum Gasteiger partial charge on any atom is -0.306 e. The van der Waals surface area contributed by atoms with Crippen molar-refractivity contribution in [3.05, 3.63) is 29.8 Å². The molecule has 0 amide bonds. The molecule has 0 saturated heterocycles. The highest BCUT2D eigenvalue weighted by atomic mass is 28.1. The van der Waals surface area contributed by atoms with Crippen molar-refractivity contribution in [1.29, 1.82) is 0 Å². The molecule has 81 valence electrons. The third kappa shape index (κ3) is 2.92. The van der Waals surface area contributed by atoms with Crippen LogP contribution in [0, 0.1) is 0 Å². The lowest BCUT2D eigenvalue weighted by molar-refractivity contribution is 0.268. The zero-order valence-corrected chi connectivity index (χ0v) is 11.1. The van der Waals surface area contributed by atoms with Crippen LogP contribution in [0.4, 0.5) is 0 Å². The van der Waals surface area contributed by atoms with E-state index in [4.69, 9.17) is 0 Å². The van der Waals surface area contributed by atoms with Crippen LogP contribution in [0.15, 0.2) is 24.3 Å². The summed E-state index contributed by atoms with van der Waals surface area (Å²) in [6.45, 7) is 4.54. The predicted molar refractivity (Wildman–Crippen MR) is 68.0 cm³/mol. The largest absolute Gasteiger partial charge is 0.306 e. The van der Waals surface area contributed by atoms with Gasteiger partial charge in [-0.25, -0.2) is 0 Å². The fraction of sp³-hybridized carbons (Fsp3) is 0.538. The Bertz CT molecular complexity index is 309. The van der Waals surface area contributed by atoms with Crippen LogP contribution in [0.1, 0.15) is 31.7 Å². The lowest BCUT2D eigenvalue weighted by Gasteiger charge is -2.30. The van der Waals surface area contributed by atoms with Crippen LogP contribution in [-0.2, 0) is 0 Å². The molecule has 2 heteroatoms. The van der Waals surface area contributed by atoms with Crippen LogP contribution in [0.3, 0.4) is 0 Å². The number of benzene rings is 1. The fourth-order valence-electron chi connectivity index (χ4n) is 2.00. The maximum absolute atomic E-state index is 3.69. The van der Waals surface area contributed by atoms with Crippen molar-refractivity contribution in [1.82, 2.24) is 4.90 Å². The molecule has 0 heterocycles. The SMILES string of the molecule is CCC(c1ccccc1[Si])C(C)N(C)C. The number of rotatable bonds is 4. The van der Waals surface area contributed by atoms with Gasteiger partial charge in [-0.2, -0.15) is 0 Å². The van der Waals surface area contributed by atoms with Gasteiger partial charge in [0.25, 0.3) is 0 Å². The standard InChI is InChI=1S/C13H20NSi/c1-5-11(10(2)14(3)4)12-8-6-7-9-13(12)15/h6-11H,5H2,1-4H3. The Hall–Kier alpha value is -0.603. The van der Waals surface area contributed by atoms with Crippen molar-refractivity contribution < 1.29 is 0 Å². The fourth-order valence-corrected chi connectivity index (χ4v) is 2.37. The smallest absolute Gasteiger partial charge is 0.0715 e. The maximum Gasteiger partial charge on any atom is 0.0715 e. The van der Waals surface area contributed by atoms with Crippen LogP contribution < -0.4 is 5.19 Å². The van der Waals surface area contributed by atoms with Gasteiger partial charge in [0.2, 0.25) is 0 Å². The topological polar surface area (TPSA) is 3.24 Å². The molecule has 2 unspecified atom stereocenters. The molecule has 0 bridgehead atoms. The first-order valence-electron chi connectivity index (χ1n) is 5.54. The van der Waals surface area contributed by atoms with Gasteiger partial charge in [0, 0.05) is 6.04 Å². The predicted octanol–water partition coefficient (Wildman–Crippen LogP) is 1.92. The van der Waals surface area contributed by atoms with Gasteiger partial charge in [-0.1, -0.05) is 36.4 Å². The minimum absolute atomic E-state index is 0.562. The third-order valence-corrected chi connectivity index (χ3v) is 3.65. The first-order valence-corrected chi connectivity index (χ1v) is 6.04. The van der Waals surface area contributed by atoms with Crippen molar-refractivity contribution in [3.8, 4) is 0 Å². The second-order valence-electron chi connectivity index (χ2n) is 4.31. The van der Waals surface area contributed by atoms with Crippen molar-refractivity contribution in [2.75, 3.05) is 14.1 Å². The quantitative estimate of drug-likeness (QED) is 0.698. The van der Waals surface area contributed by atoms with E-state index in [0.29, 0.717) is 12.0 Å². The summed E-state index contributed by atoms with van der Waals surface area (Å²) in [5, 5.41) is 1.22. The van der Waals surface area contributed by atoms with E-state index < -0.39 is 0 Å². The summed E-state index contributed by atoms with van der Waals surface area (Å²) in [6, 6.07) is 9.09. The summed E-state index contributed by atoms with van der Waals surface area (Å²) >= 11 is 0. The lowest BCUT2D eigenvalue weighted by atomic mass is 9.89. The van der Waals surface area contributed by atoms with Gasteiger partial charge in [0.15, 0.2) is 0 Å². The first-order chi connectivity index (χ1) is 7.07. The van der Waals surface area contributed by atoms with E-state index >= 15 is 0 Å². The van der Waals surface area contributed by atoms with Crippen LogP contribution in [0.25, 0.3) is 0 Å². The van der Waals surface area contributed by atoms with Crippen LogP contribution in [0.5, 0.6) is 0 Å². The summed E-state index contributed by atoms with van der Waals surface area (Å²) in [5.41, 5.74) is 1.41. The second kappa shape index (κ2) is 5.47. The van der Waals surface area contributed by atoms with Gasteiger partial charge in [-0.15, -0.1) is 0 Å². The Labute approximate surface area is 96.9 Å². The Morgan fingerprint density at radius 3 is 2.33 bits per heavy atom. The first kappa shape index (κ1) is 12.5. The summed E-state index contributed by atoms with van der Waals surface area (Å²) in [7, 11) is 7.97. The molecule has 0 aliphatic heterocycles. The number of likely N-dealkylation sites (N-methyl/N-ethyl adjacent to an activating group) is 1. The molecule has 1 rings (SSSR count). The second-order valence-corrected chi connectivity index (χ2v) is 4.84. The molecule has 1 aromatic rings. The molecule has 3 radical (unpaired) electrons.